The van der Waals surface area contributed by atoms with Gasteiger partial charge in [-0.25, -0.2) is 0 Å². The van der Waals surface area contributed by atoms with Crippen molar-refractivity contribution in [1.82, 2.24) is 4.90 Å². The molecule has 2 rings (SSSR count). The summed E-state index contributed by atoms with van der Waals surface area (Å²) < 4.78 is 0. The highest BCUT2D eigenvalue weighted by molar-refractivity contribution is 6.39. The molecule has 0 bridgehead atoms. The fourth-order valence-electron chi connectivity index (χ4n) is 2.48. The first-order valence-electron chi connectivity index (χ1n) is 7.39. The molecule has 1 saturated heterocycles. The molecule has 7 nitrogen and oxygen atoms in total. The minimum atomic E-state index is -0.738. The second-order valence-corrected chi connectivity index (χ2v) is 5.56. The molecule has 1 aliphatic rings. The number of anilines is 1. The van der Waals surface area contributed by atoms with Crippen LogP contribution in [-0.4, -0.2) is 41.5 Å². The minimum absolute atomic E-state index is 0.0729. The summed E-state index contributed by atoms with van der Waals surface area (Å²) in [6, 6.07) is 6.31. The maximum Gasteiger partial charge on any atom is 0.313 e. The summed E-state index contributed by atoms with van der Waals surface area (Å²) in [5, 5.41) is 2.51. The number of hydrogen-bond acceptors (Lipinski definition) is 4. The van der Waals surface area contributed by atoms with E-state index in [0.717, 1.165) is 0 Å². The van der Waals surface area contributed by atoms with Gasteiger partial charge in [0.15, 0.2) is 5.78 Å². The zero-order chi connectivity index (χ0) is 17.0. The van der Waals surface area contributed by atoms with Gasteiger partial charge in [0.2, 0.25) is 5.91 Å². The van der Waals surface area contributed by atoms with Crippen molar-refractivity contribution in [3.05, 3.63) is 29.8 Å². The van der Waals surface area contributed by atoms with E-state index in [1.807, 2.05) is 0 Å². The molecule has 7 heteroatoms. The van der Waals surface area contributed by atoms with Crippen LogP contribution >= 0.6 is 0 Å². The maximum atomic E-state index is 12.1. The fourth-order valence-corrected chi connectivity index (χ4v) is 2.48. The number of likely N-dealkylation sites (tertiary alicyclic amines) is 1. The van der Waals surface area contributed by atoms with Crippen molar-refractivity contribution in [2.45, 2.75) is 19.8 Å². The number of Topliss-reactive ketones (excluding diaryl/α,β-unsaturated/α-hetero) is 1. The lowest BCUT2D eigenvalue weighted by Gasteiger charge is -2.29. The third kappa shape index (κ3) is 4.15. The Hall–Kier alpha value is -2.70. The Balaban J connectivity index is 1.91. The van der Waals surface area contributed by atoms with Crippen molar-refractivity contribution in [2.24, 2.45) is 11.7 Å². The van der Waals surface area contributed by atoms with E-state index in [9.17, 15) is 19.2 Å². The van der Waals surface area contributed by atoms with E-state index in [0.29, 0.717) is 37.2 Å². The number of amides is 3. The molecule has 0 atom stereocenters. The predicted octanol–water partition coefficient (Wildman–Crippen LogP) is 0.552. The summed E-state index contributed by atoms with van der Waals surface area (Å²) in [7, 11) is 0. The summed E-state index contributed by atoms with van der Waals surface area (Å²) >= 11 is 0. The number of benzene rings is 1. The Labute approximate surface area is 133 Å². The van der Waals surface area contributed by atoms with Gasteiger partial charge in [-0.15, -0.1) is 0 Å². The molecule has 0 aromatic heterocycles. The van der Waals surface area contributed by atoms with Crippen LogP contribution in [0.1, 0.15) is 30.1 Å². The number of nitrogens with zero attached hydrogens (tertiary/aromatic N) is 1. The molecule has 3 amide bonds. The van der Waals surface area contributed by atoms with Crippen molar-refractivity contribution in [2.75, 3.05) is 18.4 Å². The van der Waals surface area contributed by atoms with E-state index in [4.69, 9.17) is 5.73 Å². The number of nitrogens with two attached hydrogens (primary N) is 1. The molecule has 1 heterocycles. The Morgan fingerprint density at radius 3 is 2.13 bits per heavy atom. The molecule has 122 valence electrons. The highest BCUT2D eigenvalue weighted by Gasteiger charge is 2.29. The van der Waals surface area contributed by atoms with Crippen LogP contribution in [0.4, 0.5) is 5.69 Å². The van der Waals surface area contributed by atoms with Crippen molar-refractivity contribution in [1.29, 1.82) is 0 Å². The Morgan fingerprint density at radius 2 is 1.65 bits per heavy atom. The molecule has 1 aromatic rings. The number of carbonyl (C=O) groups is 4. The van der Waals surface area contributed by atoms with Crippen LogP contribution in [0.25, 0.3) is 0 Å². The molecule has 0 unspecified atom stereocenters. The standard InChI is InChI=1S/C16H19N3O4/c1-10(20)11-2-4-13(5-3-11)18-15(22)16(23)19-8-6-12(7-9-19)14(17)21/h2-5,12H,6-9H2,1H3,(H2,17,21)(H,18,22). The Morgan fingerprint density at radius 1 is 1.09 bits per heavy atom. The van der Waals surface area contributed by atoms with E-state index in [2.05, 4.69) is 5.32 Å². The van der Waals surface area contributed by atoms with Crippen LogP contribution in [0.15, 0.2) is 24.3 Å². The van der Waals surface area contributed by atoms with Crippen molar-refractivity contribution in [3.63, 3.8) is 0 Å². The highest BCUT2D eigenvalue weighted by Crippen LogP contribution is 2.17. The first kappa shape index (κ1) is 16.7. The average Bonchev–Trinajstić information content (AvgIpc) is 2.54. The third-order valence-electron chi connectivity index (χ3n) is 3.93. The molecule has 0 saturated carbocycles. The van der Waals surface area contributed by atoms with Crippen molar-refractivity contribution < 1.29 is 19.2 Å². The SMILES string of the molecule is CC(=O)c1ccc(NC(=O)C(=O)N2CCC(C(N)=O)CC2)cc1. The molecule has 3 N–H and O–H groups in total. The molecular weight excluding hydrogens is 298 g/mol. The van der Waals surface area contributed by atoms with Crippen LogP contribution in [-0.2, 0) is 14.4 Å². The summed E-state index contributed by atoms with van der Waals surface area (Å²) in [6.45, 7) is 2.12. The quantitative estimate of drug-likeness (QED) is 0.626. The van der Waals surface area contributed by atoms with Gasteiger partial charge in [-0.3, -0.25) is 19.2 Å². The van der Waals surface area contributed by atoms with Gasteiger partial charge in [0, 0.05) is 30.3 Å². The second kappa shape index (κ2) is 7.04. The molecular formula is C16H19N3O4. The van der Waals surface area contributed by atoms with Gasteiger partial charge < -0.3 is 16.0 Å². The highest BCUT2D eigenvalue weighted by atomic mass is 16.2. The van der Waals surface area contributed by atoms with Crippen LogP contribution in [0.2, 0.25) is 0 Å². The number of nitrogens with one attached hydrogen (secondary N) is 1. The second-order valence-electron chi connectivity index (χ2n) is 5.56. The summed E-state index contributed by atoms with van der Waals surface area (Å²) in [6.07, 6.45) is 0.948. The lowest BCUT2D eigenvalue weighted by atomic mass is 9.96. The zero-order valence-corrected chi connectivity index (χ0v) is 12.9. The molecule has 0 radical (unpaired) electrons. The molecule has 1 aliphatic heterocycles. The molecule has 0 aliphatic carbocycles. The number of hydrogen-bond donors (Lipinski definition) is 2. The van der Waals surface area contributed by atoms with Crippen LogP contribution in [0, 0.1) is 5.92 Å². The largest absolute Gasteiger partial charge is 0.369 e. The lowest BCUT2D eigenvalue weighted by Crippen LogP contribution is -2.46. The monoisotopic (exact) mass is 317 g/mol. The average molecular weight is 317 g/mol. The number of rotatable bonds is 3. The summed E-state index contributed by atoms with van der Waals surface area (Å²) in [4.78, 5) is 47.8. The van der Waals surface area contributed by atoms with E-state index >= 15 is 0 Å². The maximum absolute atomic E-state index is 12.1. The van der Waals surface area contributed by atoms with E-state index in [-0.39, 0.29) is 17.6 Å². The van der Waals surface area contributed by atoms with E-state index in [1.165, 1.54) is 11.8 Å². The Bertz CT molecular complexity index is 631. The molecule has 0 spiro atoms. The van der Waals surface area contributed by atoms with Gasteiger partial charge in [0.1, 0.15) is 0 Å². The fraction of sp³-hybridized carbons (Fsp3) is 0.375. The number of primary amides is 1. The molecule has 1 aromatic carbocycles. The van der Waals surface area contributed by atoms with Gasteiger partial charge in [0.25, 0.3) is 0 Å². The smallest absolute Gasteiger partial charge is 0.313 e. The first-order valence-corrected chi connectivity index (χ1v) is 7.39. The Kier molecular flexibility index (Phi) is 5.10. The van der Waals surface area contributed by atoms with Gasteiger partial charge >= 0.3 is 11.8 Å². The zero-order valence-electron chi connectivity index (χ0n) is 12.9. The molecule has 1 fully saturated rings. The molecule has 23 heavy (non-hydrogen) atoms. The van der Waals surface area contributed by atoms with Crippen LogP contribution in [0.3, 0.4) is 0 Å². The summed E-state index contributed by atoms with van der Waals surface area (Å²) in [5.41, 5.74) is 6.21. The predicted molar refractivity (Wildman–Crippen MR) is 83.6 cm³/mol. The van der Waals surface area contributed by atoms with E-state index < -0.39 is 11.8 Å². The van der Waals surface area contributed by atoms with E-state index in [1.54, 1.807) is 24.3 Å². The van der Waals surface area contributed by atoms with Crippen molar-refractivity contribution >= 4 is 29.2 Å². The van der Waals surface area contributed by atoms with Crippen LogP contribution < -0.4 is 11.1 Å². The van der Waals surface area contributed by atoms with Gasteiger partial charge in [-0.2, -0.15) is 0 Å². The topological polar surface area (TPSA) is 110 Å². The number of ketones is 1. The third-order valence-corrected chi connectivity index (χ3v) is 3.93. The first-order chi connectivity index (χ1) is 10.9. The normalized spacial score (nSPS) is 15.1. The van der Waals surface area contributed by atoms with Gasteiger partial charge in [-0.1, -0.05) is 0 Å². The van der Waals surface area contributed by atoms with Gasteiger partial charge in [0.05, 0.1) is 0 Å². The van der Waals surface area contributed by atoms with Crippen molar-refractivity contribution in [3.8, 4) is 0 Å². The number of carbonyl (C=O) groups excluding carboxylic acids is 4. The van der Waals surface area contributed by atoms with Crippen LogP contribution in [0.5, 0.6) is 0 Å². The lowest BCUT2D eigenvalue weighted by molar-refractivity contribution is -0.144. The van der Waals surface area contributed by atoms with Gasteiger partial charge in [-0.05, 0) is 44.0 Å². The summed E-state index contributed by atoms with van der Waals surface area (Å²) in [5.74, 6) is -2.05. The minimum Gasteiger partial charge on any atom is -0.369 e. The number of piperidine rings is 1.